The van der Waals surface area contributed by atoms with Gasteiger partial charge in [-0.3, -0.25) is 4.79 Å². The van der Waals surface area contributed by atoms with Crippen molar-refractivity contribution in [1.82, 2.24) is 15.3 Å². The fourth-order valence-electron chi connectivity index (χ4n) is 4.07. The zero-order valence-corrected chi connectivity index (χ0v) is 18.5. The number of nitrogens with one attached hydrogen (secondary N) is 3. The first-order chi connectivity index (χ1) is 15.5. The predicted molar refractivity (Wildman–Crippen MR) is 128 cm³/mol. The van der Waals surface area contributed by atoms with E-state index < -0.39 is 0 Å². The predicted octanol–water partition coefficient (Wildman–Crippen LogP) is 3.35. The normalized spacial score (nSPS) is 18.2. The fraction of sp³-hybridized carbons (Fsp3) is 0.375. The molecule has 32 heavy (non-hydrogen) atoms. The second-order valence-electron chi connectivity index (χ2n) is 8.44. The highest BCUT2D eigenvalue weighted by Gasteiger charge is 2.23. The zero-order chi connectivity index (χ0) is 22.5. The van der Waals surface area contributed by atoms with Crippen molar-refractivity contribution in [2.75, 3.05) is 36.2 Å². The van der Waals surface area contributed by atoms with Crippen LogP contribution in [0.15, 0.2) is 48.5 Å². The van der Waals surface area contributed by atoms with Crippen LogP contribution in [0.3, 0.4) is 0 Å². The molecule has 8 nitrogen and oxygen atoms in total. The molecular weight excluding hydrogens is 404 g/mol. The van der Waals surface area contributed by atoms with E-state index in [-0.39, 0.29) is 30.3 Å². The molecule has 168 valence electrons. The lowest BCUT2D eigenvalue weighted by Crippen LogP contribution is -2.42. The molecule has 0 saturated heterocycles. The summed E-state index contributed by atoms with van der Waals surface area (Å²) in [6.45, 7) is 0.210. The van der Waals surface area contributed by atoms with Crippen LogP contribution in [0.4, 0.5) is 17.5 Å². The lowest BCUT2D eigenvalue weighted by Gasteiger charge is -2.30. The van der Waals surface area contributed by atoms with Crippen LogP contribution in [-0.2, 0) is 4.79 Å². The van der Waals surface area contributed by atoms with E-state index in [0.717, 1.165) is 48.1 Å². The Bertz CT molecular complexity index is 1060. The van der Waals surface area contributed by atoms with Crippen LogP contribution in [0.5, 0.6) is 5.75 Å². The maximum Gasteiger partial charge on any atom is 0.239 e. The number of para-hydroxylation sites is 1. The number of rotatable bonds is 7. The molecule has 1 aromatic heterocycles. The van der Waals surface area contributed by atoms with Gasteiger partial charge in [-0.1, -0.05) is 12.1 Å². The highest BCUT2D eigenvalue weighted by Crippen LogP contribution is 2.26. The first kappa shape index (κ1) is 21.7. The average Bonchev–Trinajstić information content (AvgIpc) is 2.79. The van der Waals surface area contributed by atoms with Crippen molar-refractivity contribution in [2.24, 2.45) is 0 Å². The van der Waals surface area contributed by atoms with Gasteiger partial charge in [0.25, 0.3) is 0 Å². The van der Waals surface area contributed by atoms with Gasteiger partial charge in [-0.25, -0.2) is 4.98 Å². The maximum absolute atomic E-state index is 12.3. The number of nitrogens with zero attached hydrogens (tertiary/aromatic N) is 3. The van der Waals surface area contributed by atoms with Crippen LogP contribution in [0.1, 0.15) is 25.7 Å². The monoisotopic (exact) mass is 434 g/mol. The van der Waals surface area contributed by atoms with Crippen molar-refractivity contribution in [3.8, 4) is 5.75 Å². The molecule has 4 N–H and O–H groups in total. The number of benzene rings is 2. The van der Waals surface area contributed by atoms with Gasteiger partial charge in [-0.15, -0.1) is 0 Å². The largest absolute Gasteiger partial charge is 0.508 e. The molecule has 0 bridgehead atoms. The fourth-order valence-corrected chi connectivity index (χ4v) is 4.07. The first-order valence-corrected chi connectivity index (χ1v) is 11.0. The quantitative estimate of drug-likeness (QED) is 0.423. The van der Waals surface area contributed by atoms with Crippen LogP contribution in [0.25, 0.3) is 10.9 Å². The van der Waals surface area contributed by atoms with E-state index in [4.69, 9.17) is 9.97 Å². The molecule has 1 aliphatic carbocycles. The number of hydrogen-bond donors (Lipinski definition) is 4. The first-order valence-electron chi connectivity index (χ1n) is 11.0. The molecule has 8 heteroatoms. The molecule has 0 spiro atoms. The SMILES string of the molecule is CN(C)c1nc(N[C@H]2CC[C@@H](NC(=O)CNc3ccc(O)cc3)CC2)nc2ccccc12. The minimum atomic E-state index is -0.0250. The Morgan fingerprint density at radius 2 is 1.69 bits per heavy atom. The van der Waals surface area contributed by atoms with E-state index in [2.05, 4.69) is 16.0 Å². The lowest BCUT2D eigenvalue weighted by molar-refractivity contribution is -0.120. The Balaban J connectivity index is 1.27. The van der Waals surface area contributed by atoms with Crippen LogP contribution in [0.2, 0.25) is 0 Å². The third kappa shape index (κ3) is 5.38. The summed E-state index contributed by atoms with van der Waals surface area (Å²) in [5.41, 5.74) is 1.73. The van der Waals surface area contributed by atoms with Gasteiger partial charge in [0.1, 0.15) is 11.6 Å². The van der Waals surface area contributed by atoms with Gasteiger partial charge in [0.2, 0.25) is 11.9 Å². The number of fused-ring (bicyclic) bond motifs is 1. The topological polar surface area (TPSA) is 102 Å². The van der Waals surface area contributed by atoms with Gasteiger partial charge in [0.15, 0.2) is 0 Å². The van der Waals surface area contributed by atoms with Crippen LogP contribution in [0, 0.1) is 0 Å². The lowest BCUT2D eigenvalue weighted by atomic mass is 9.91. The Morgan fingerprint density at radius 3 is 2.41 bits per heavy atom. The number of phenolic OH excluding ortho intramolecular Hbond substituents is 1. The number of aromatic nitrogens is 2. The molecule has 0 unspecified atom stereocenters. The van der Waals surface area contributed by atoms with Crippen molar-refractivity contribution in [3.05, 3.63) is 48.5 Å². The van der Waals surface area contributed by atoms with E-state index in [1.165, 1.54) is 0 Å². The third-order valence-corrected chi connectivity index (χ3v) is 5.75. The van der Waals surface area contributed by atoms with E-state index in [1.807, 2.05) is 43.3 Å². The summed E-state index contributed by atoms with van der Waals surface area (Å²) in [5, 5.41) is 20.1. The standard InChI is InChI=1S/C24H30N6O2/c1-30(2)23-20-5-3-4-6-21(20)28-24(29-23)27-18-9-7-17(8-10-18)26-22(32)15-25-16-11-13-19(31)14-12-16/h3-6,11-14,17-18,25,31H,7-10,15H2,1-2H3,(H,26,32)(H,27,28,29)/t17-,18+. The number of hydrogen-bond acceptors (Lipinski definition) is 7. The Morgan fingerprint density at radius 1 is 1.00 bits per heavy atom. The van der Waals surface area contributed by atoms with Gasteiger partial charge < -0.3 is 26.0 Å². The van der Waals surface area contributed by atoms with Gasteiger partial charge in [-0.2, -0.15) is 4.98 Å². The highest BCUT2D eigenvalue weighted by molar-refractivity contribution is 5.90. The maximum atomic E-state index is 12.3. The molecule has 4 rings (SSSR count). The van der Waals surface area contributed by atoms with Crippen LogP contribution in [-0.4, -0.2) is 53.7 Å². The van der Waals surface area contributed by atoms with E-state index in [0.29, 0.717) is 5.95 Å². The van der Waals surface area contributed by atoms with E-state index in [9.17, 15) is 9.90 Å². The molecule has 1 aliphatic rings. The molecule has 1 amide bonds. The summed E-state index contributed by atoms with van der Waals surface area (Å²) in [6, 6.07) is 15.2. The molecule has 0 radical (unpaired) electrons. The van der Waals surface area contributed by atoms with Gasteiger partial charge in [0.05, 0.1) is 12.1 Å². The minimum absolute atomic E-state index is 0.0250. The number of amides is 1. The highest BCUT2D eigenvalue weighted by atomic mass is 16.3. The molecule has 2 aromatic carbocycles. The Kier molecular flexibility index (Phi) is 6.58. The second-order valence-corrected chi connectivity index (χ2v) is 8.44. The number of carbonyl (C=O) groups excluding carboxylic acids is 1. The molecular formula is C24H30N6O2. The molecule has 0 atom stereocenters. The van der Waals surface area contributed by atoms with Crippen molar-refractivity contribution in [3.63, 3.8) is 0 Å². The Labute approximate surface area is 188 Å². The van der Waals surface area contributed by atoms with Crippen molar-refractivity contribution in [1.29, 1.82) is 0 Å². The van der Waals surface area contributed by atoms with E-state index in [1.54, 1.807) is 24.3 Å². The summed E-state index contributed by atoms with van der Waals surface area (Å²) in [5.74, 6) is 1.73. The second kappa shape index (κ2) is 9.72. The summed E-state index contributed by atoms with van der Waals surface area (Å²) >= 11 is 0. The van der Waals surface area contributed by atoms with Gasteiger partial charge >= 0.3 is 0 Å². The van der Waals surface area contributed by atoms with Crippen LogP contribution < -0.4 is 20.9 Å². The molecule has 0 aliphatic heterocycles. The average molecular weight is 435 g/mol. The summed E-state index contributed by atoms with van der Waals surface area (Å²) in [4.78, 5) is 23.7. The van der Waals surface area contributed by atoms with Crippen molar-refractivity contribution < 1.29 is 9.90 Å². The minimum Gasteiger partial charge on any atom is -0.508 e. The van der Waals surface area contributed by atoms with Crippen LogP contribution >= 0.6 is 0 Å². The molecule has 1 fully saturated rings. The van der Waals surface area contributed by atoms with Crippen molar-refractivity contribution >= 4 is 34.3 Å². The number of phenols is 1. The van der Waals surface area contributed by atoms with E-state index >= 15 is 0 Å². The summed E-state index contributed by atoms with van der Waals surface area (Å²) in [6.07, 6.45) is 3.72. The molecule has 1 saturated carbocycles. The summed E-state index contributed by atoms with van der Waals surface area (Å²) < 4.78 is 0. The number of anilines is 3. The Hall–Kier alpha value is -3.55. The van der Waals surface area contributed by atoms with Gasteiger partial charge in [-0.05, 0) is 62.1 Å². The number of aromatic hydroxyl groups is 1. The smallest absolute Gasteiger partial charge is 0.239 e. The molecule has 1 heterocycles. The zero-order valence-electron chi connectivity index (χ0n) is 18.5. The molecule has 3 aromatic rings. The number of carbonyl (C=O) groups is 1. The van der Waals surface area contributed by atoms with Gasteiger partial charge in [0, 0.05) is 37.3 Å². The summed E-state index contributed by atoms with van der Waals surface area (Å²) in [7, 11) is 3.98. The third-order valence-electron chi connectivity index (χ3n) is 5.75. The van der Waals surface area contributed by atoms with Crippen molar-refractivity contribution in [2.45, 2.75) is 37.8 Å².